The number of hydrogen-bond donors (Lipinski definition) is 4. The number of rotatable bonds is 3. The predicted octanol–water partition coefficient (Wildman–Crippen LogP) is 1.16. The van der Waals surface area contributed by atoms with E-state index in [1.54, 1.807) is 24.3 Å². The molecule has 152 valence electrons. The molecule has 7 nitrogen and oxygen atoms in total. The first kappa shape index (κ1) is 18.9. The molecular formula is C22H22BN3O4. The minimum Gasteiger partial charge on any atom is -0.423 e. The molecule has 0 atom stereocenters. The van der Waals surface area contributed by atoms with E-state index in [2.05, 4.69) is 21.3 Å². The highest BCUT2D eigenvalue weighted by Crippen LogP contribution is 2.39. The molecule has 1 amide bonds. The number of aromatic amines is 1. The summed E-state index contributed by atoms with van der Waals surface area (Å²) in [5, 5.41) is 22.2. The molecule has 0 aliphatic carbocycles. The summed E-state index contributed by atoms with van der Waals surface area (Å²) in [6, 6.07) is 10.0. The molecule has 0 saturated carbocycles. The number of H-pyrrole nitrogens is 1. The Kier molecular flexibility index (Phi) is 4.60. The summed E-state index contributed by atoms with van der Waals surface area (Å²) < 4.78 is 0. The van der Waals surface area contributed by atoms with Gasteiger partial charge in [-0.1, -0.05) is 12.1 Å². The van der Waals surface area contributed by atoms with Gasteiger partial charge in [0.15, 0.2) is 0 Å². The van der Waals surface area contributed by atoms with Crippen molar-refractivity contribution >= 4 is 40.8 Å². The lowest BCUT2D eigenvalue weighted by atomic mass is 9.80. The van der Waals surface area contributed by atoms with Crippen molar-refractivity contribution < 1.29 is 14.8 Å². The number of fused-ring (bicyclic) bond motifs is 2. The van der Waals surface area contributed by atoms with Crippen LogP contribution in [-0.4, -0.2) is 41.1 Å². The Balaban J connectivity index is 1.55. The van der Waals surface area contributed by atoms with Gasteiger partial charge in [-0.15, -0.1) is 0 Å². The van der Waals surface area contributed by atoms with Gasteiger partial charge in [0, 0.05) is 24.5 Å². The second-order valence-corrected chi connectivity index (χ2v) is 7.99. The maximum absolute atomic E-state index is 12.8. The Morgan fingerprint density at radius 1 is 1.10 bits per heavy atom. The largest absolute Gasteiger partial charge is 0.488 e. The minimum absolute atomic E-state index is 0.0353. The fourth-order valence-electron chi connectivity index (χ4n) is 4.69. The van der Waals surface area contributed by atoms with E-state index in [0.29, 0.717) is 5.69 Å². The van der Waals surface area contributed by atoms with Crippen LogP contribution >= 0.6 is 0 Å². The van der Waals surface area contributed by atoms with E-state index in [1.807, 2.05) is 0 Å². The Labute approximate surface area is 173 Å². The predicted molar refractivity (Wildman–Crippen MR) is 118 cm³/mol. The van der Waals surface area contributed by atoms with Gasteiger partial charge in [0.2, 0.25) is 0 Å². The first-order chi connectivity index (χ1) is 14.5. The minimum atomic E-state index is -1.63. The third-order valence-corrected chi connectivity index (χ3v) is 6.03. The van der Waals surface area contributed by atoms with Crippen molar-refractivity contribution in [1.82, 2.24) is 4.98 Å². The Bertz CT molecular complexity index is 1220. The average Bonchev–Trinajstić information content (AvgIpc) is 2.74. The standard InChI is InChI=1S/C22H22BN3O4/c27-21(24-16-6-1-5-15(12-16)23(29)30)18-11-14-10-13-4-2-8-26-9-3-7-17(20(13)26)19(14)25-22(18)28/h1,5-6,10-12,29-30H,2-4,7-9H2,(H,24,27)(H,25,28). The van der Waals surface area contributed by atoms with Crippen LogP contribution in [0.2, 0.25) is 0 Å². The molecule has 2 aromatic carbocycles. The zero-order valence-corrected chi connectivity index (χ0v) is 16.4. The van der Waals surface area contributed by atoms with Crippen molar-refractivity contribution in [2.45, 2.75) is 25.7 Å². The number of aryl methyl sites for hydroxylation is 2. The van der Waals surface area contributed by atoms with Crippen molar-refractivity contribution in [1.29, 1.82) is 0 Å². The van der Waals surface area contributed by atoms with Gasteiger partial charge in [-0.2, -0.15) is 0 Å². The number of benzene rings is 2. The third kappa shape index (κ3) is 3.18. The van der Waals surface area contributed by atoms with Gasteiger partial charge in [-0.05, 0) is 71.9 Å². The number of hydrogen-bond acceptors (Lipinski definition) is 5. The number of carbonyl (C=O) groups is 1. The molecule has 5 rings (SSSR count). The summed E-state index contributed by atoms with van der Waals surface area (Å²) in [4.78, 5) is 30.9. The fourth-order valence-corrected chi connectivity index (χ4v) is 4.69. The molecule has 0 spiro atoms. The van der Waals surface area contributed by atoms with E-state index in [1.165, 1.54) is 22.9 Å². The van der Waals surface area contributed by atoms with Crippen LogP contribution in [0.3, 0.4) is 0 Å². The first-order valence-corrected chi connectivity index (χ1v) is 10.3. The number of carbonyl (C=O) groups excluding carboxylic acids is 1. The lowest BCUT2D eigenvalue weighted by Crippen LogP contribution is -2.35. The van der Waals surface area contributed by atoms with Gasteiger partial charge in [0.1, 0.15) is 5.56 Å². The lowest BCUT2D eigenvalue weighted by Gasteiger charge is -2.37. The number of amides is 1. The molecule has 2 aliphatic heterocycles. The zero-order chi connectivity index (χ0) is 20.8. The number of nitrogens with zero attached hydrogens (tertiary/aromatic N) is 1. The van der Waals surface area contributed by atoms with Gasteiger partial charge in [-0.3, -0.25) is 9.59 Å². The van der Waals surface area contributed by atoms with Crippen LogP contribution in [0.4, 0.5) is 11.4 Å². The highest BCUT2D eigenvalue weighted by atomic mass is 16.4. The maximum atomic E-state index is 12.8. The Hall–Kier alpha value is -3.10. The van der Waals surface area contributed by atoms with E-state index in [0.717, 1.165) is 49.7 Å². The van der Waals surface area contributed by atoms with Crippen LogP contribution in [0.5, 0.6) is 0 Å². The highest BCUT2D eigenvalue weighted by molar-refractivity contribution is 6.58. The summed E-state index contributed by atoms with van der Waals surface area (Å²) in [7, 11) is -1.63. The second-order valence-electron chi connectivity index (χ2n) is 7.99. The molecule has 4 N–H and O–H groups in total. The molecule has 0 saturated heterocycles. The van der Waals surface area contributed by atoms with Gasteiger partial charge in [0.25, 0.3) is 11.5 Å². The van der Waals surface area contributed by atoms with Crippen LogP contribution in [0.1, 0.15) is 34.3 Å². The van der Waals surface area contributed by atoms with E-state index < -0.39 is 18.6 Å². The number of pyridine rings is 1. The maximum Gasteiger partial charge on any atom is 0.488 e. The summed E-state index contributed by atoms with van der Waals surface area (Å²) in [5.41, 5.74) is 4.82. The van der Waals surface area contributed by atoms with E-state index in [-0.39, 0.29) is 11.0 Å². The van der Waals surface area contributed by atoms with Crippen LogP contribution in [-0.2, 0) is 12.8 Å². The zero-order valence-electron chi connectivity index (χ0n) is 16.4. The molecule has 3 heterocycles. The molecule has 3 aromatic rings. The monoisotopic (exact) mass is 403 g/mol. The molecule has 1 aromatic heterocycles. The van der Waals surface area contributed by atoms with Crippen LogP contribution < -0.4 is 21.2 Å². The summed E-state index contributed by atoms with van der Waals surface area (Å²) in [5.74, 6) is -0.532. The fraction of sp³-hybridized carbons (Fsp3) is 0.273. The SMILES string of the molecule is O=C(Nc1cccc(B(O)O)c1)c1cc2cc3c4c(c2[nH]c1=O)CCCN4CCC3. The molecule has 2 aliphatic rings. The van der Waals surface area contributed by atoms with E-state index in [9.17, 15) is 19.6 Å². The van der Waals surface area contributed by atoms with E-state index in [4.69, 9.17) is 0 Å². The number of nitrogens with one attached hydrogen (secondary N) is 2. The van der Waals surface area contributed by atoms with Gasteiger partial charge < -0.3 is 25.2 Å². The summed E-state index contributed by atoms with van der Waals surface area (Å²) >= 11 is 0. The highest BCUT2D eigenvalue weighted by Gasteiger charge is 2.26. The summed E-state index contributed by atoms with van der Waals surface area (Å²) in [6.07, 6.45) is 4.10. The third-order valence-electron chi connectivity index (χ3n) is 6.03. The van der Waals surface area contributed by atoms with Crippen LogP contribution in [0.25, 0.3) is 10.9 Å². The topological polar surface area (TPSA) is 106 Å². The van der Waals surface area contributed by atoms with Gasteiger partial charge in [0.05, 0.1) is 5.52 Å². The quantitative estimate of drug-likeness (QED) is 0.492. The van der Waals surface area contributed by atoms with Crippen LogP contribution in [0.15, 0.2) is 41.2 Å². The number of anilines is 2. The molecule has 8 heteroatoms. The smallest absolute Gasteiger partial charge is 0.423 e. The Morgan fingerprint density at radius 2 is 1.90 bits per heavy atom. The van der Waals surface area contributed by atoms with Crippen molar-refractivity contribution in [3.8, 4) is 0 Å². The van der Waals surface area contributed by atoms with Crippen molar-refractivity contribution in [2.24, 2.45) is 0 Å². The second kappa shape index (κ2) is 7.30. The number of aromatic nitrogens is 1. The molecule has 0 fully saturated rings. The normalized spacial score (nSPS) is 15.1. The molecule has 0 unspecified atom stereocenters. The van der Waals surface area contributed by atoms with Gasteiger partial charge >= 0.3 is 7.12 Å². The first-order valence-electron chi connectivity index (χ1n) is 10.3. The average molecular weight is 403 g/mol. The molecule has 0 radical (unpaired) electrons. The Morgan fingerprint density at radius 3 is 2.70 bits per heavy atom. The van der Waals surface area contributed by atoms with Crippen molar-refractivity contribution in [2.75, 3.05) is 23.3 Å². The molecule has 0 bridgehead atoms. The van der Waals surface area contributed by atoms with Crippen LogP contribution in [0, 0.1) is 0 Å². The van der Waals surface area contributed by atoms with E-state index >= 15 is 0 Å². The van der Waals surface area contributed by atoms with Crippen molar-refractivity contribution in [3.63, 3.8) is 0 Å². The van der Waals surface area contributed by atoms with Crippen molar-refractivity contribution in [3.05, 3.63) is 63.4 Å². The van der Waals surface area contributed by atoms with Gasteiger partial charge in [-0.25, -0.2) is 0 Å². The molecule has 30 heavy (non-hydrogen) atoms. The molecular weight excluding hydrogens is 381 g/mol. The lowest BCUT2D eigenvalue weighted by molar-refractivity contribution is 0.102. The summed E-state index contributed by atoms with van der Waals surface area (Å²) in [6.45, 7) is 2.11.